The summed E-state index contributed by atoms with van der Waals surface area (Å²) in [4.78, 5) is 17.6. The number of ether oxygens (including phenoxy) is 1. The van der Waals surface area contributed by atoms with Crippen molar-refractivity contribution in [1.29, 1.82) is 5.26 Å². The van der Waals surface area contributed by atoms with Crippen molar-refractivity contribution in [3.63, 3.8) is 0 Å². The monoisotopic (exact) mass is 245 g/mol. The predicted octanol–water partition coefficient (Wildman–Crippen LogP) is 1.46. The van der Waals surface area contributed by atoms with Gasteiger partial charge >= 0.3 is 0 Å². The first-order valence-electron chi connectivity index (χ1n) is 4.99. The Morgan fingerprint density at radius 3 is 2.89 bits per heavy atom. The molecule has 0 saturated carbocycles. The van der Waals surface area contributed by atoms with E-state index in [1.165, 1.54) is 31.6 Å². The third kappa shape index (κ3) is 1.94. The van der Waals surface area contributed by atoms with E-state index < -0.39 is 11.4 Å². The van der Waals surface area contributed by atoms with Crippen LogP contribution in [0.5, 0.6) is 5.75 Å². The number of rotatable bonds is 2. The van der Waals surface area contributed by atoms with Crippen LogP contribution in [0.4, 0.5) is 4.39 Å². The molecular formula is C12H8FN3O2. The highest BCUT2D eigenvalue weighted by molar-refractivity contribution is 5.66. The minimum absolute atomic E-state index is 0.0853. The van der Waals surface area contributed by atoms with E-state index in [0.29, 0.717) is 5.56 Å². The number of hydrogen-bond donors (Lipinski definition) is 1. The second-order valence-corrected chi connectivity index (χ2v) is 3.42. The molecule has 1 aromatic carbocycles. The fourth-order valence-corrected chi connectivity index (χ4v) is 1.54. The van der Waals surface area contributed by atoms with Crippen LogP contribution in [0.2, 0.25) is 0 Å². The molecule has 5 nitrogen and oxygen atoms in total. The fraction of sp³-hybridized carbons (Fsp3) is 0.0833. The molecule has 0 unspecified atom stereocenters. The van der Waals surface area contributed by atoms with Gasteiger partial charge in [0.25, 0.3) is 5.56 Å². The standard InChI is InChI=1S/C12H8FN3O2/c1-18-10-3-2-7(4-9(10)13)11-8(5-14)12(17)16-6-15-11/h2-4,6H,1H3,(H,15,16,17). The summed E-state index contributed by atoms with van der Waals surface area (Å²) in [6.45, 7) is 0. The van der Waals surface area contributed by atoms with Crippen LogP contribution in [0, 0.1) is 17.1 Å². The molecule has 0 amide bonds. The maximum atomic E-state index is 13.6. The number of nitrogens with zero attached hydrogens (tertiary/aromatic N) is 2. The Bertz CT molecular complexity index is 688. The summed E-state index contributed by atoms with van der Waals surface area (Å²) in [6, 6.07) is 5.86. The molecule has 2 rings (SSSR count). The molecular weight excluding hydrogens is 237 g/mol. The highest BCUT2D eigenvalue weighted by atomic mass is 19.1. The van der Waals surface area contributed by atoms with Gasteiger partial charge in [-0.2, -0.15) is 5.26 Å². The normalized spacial score (nSPS) is 9.83. The van der Waals surface area contributed by atoms with Gasteiger partial charge in [0.1, 0.15) is 11.6 Å². The molecule has 0 spiro atoms. The number of aromatic nitrogens is 2. The molecule has 0 aliphatic rings. The first-order valence-corrected chi connectivity index (χ1v) is 4.99. The van der Waals surface area contributed by atoms with Gasteiger partial charge in [-0.15, -0.1) is 0 Å². The number of H-pyrrole nitrogens is 1. The molecule has 0 fully saturated rings. The Morgan fingerprint density at radius 1 is 1.50 bits per heavy atom. The lowest BCUT2D eigenvalue weighted by Gasteiger charge is -2.05. The van der Waals surface area contributed by atoms with Crippen molar-refractivity contribution in [2.45, 2.75) is 0 Å². The number of aromatic amines is 1. The Balaban J connectivity index is 2.64. The first-order chi connectivity index (χ1) is 8.67. The van der Waals surface area contributed by atoms with Crippen molar-refractivity contribution in [3.8, 4) is 23.1 Å². The second-order valence-electron chi connectivity index (χ2n) is 3.42. The molecule has 1 heterocycles. The number of nitrogens with one attached hydrogen (secondary N) is 1. The maximum Gasteiger partial charge on any atom is 0.269 e. The summed E-state index contributed by atoms with van der Waals surface area (Å²) < 4.78 is 18.3. The summed E-state index contributed by atoms with van der Waals surface area (Å²) in [5, 5.41) is 8.90. The largest absolute Gasteiger partial charge is 0.494 e. The van der Waals surface area contributed by atoms with Crippen LogP contribution < -0.4 is 10.3 Å². The molecule has 0 bridgehead atoms. The summed E-state index contributed by atoms with van der Waals surface area (Å²) >= 11 is 0. The van der Waals surface area contributed by atoms with Crippen molar-refractivity contribution >= 4 is 0 Å². The van der Waals surface area contributed by atoms with Crippen molar-refractivity contribution in [3.05, 3.63) is 46.3 Å². The molecule has 0 saturated heterocycles. The molecule has 1 N–H and O–H groups in total. The smallest absolute Gasteiger partial charge is 0.269 e. The molecule has 0 radical (unpaired) electrons. The molecule has 6 heteroatoms. The fourth-order valence-electron chi connectivity index (χ4n) is 1.54. The zero-order valence-corrected chi connectivity index (χ0v) is 9.40. The van der Waals surface area contributed by atoms with Crippen LogP contribution in [-0.2, 0) is 0 Å². The van der Waals surface area contributed by atoms with Gasteiger partial charge in [-0.25, -0.2) is 9.37 Å². The molecule has 0 aliphatic carbocycles. The van der Waals surface area contributed by atoms with E-state index in [2.05, 4.69) is 9.97 Å². The Kier molecular flexibility index (Phi) is 3.06. The zero-order valence-electron chi connectivity index (χ0n) is 9.40. The molecule has 0 atom stereocenters. The number of benzene rings is 1. The van der Waals surface area contributed by atoms with Gasteiger partial charge in [-0.1, -0.05) is 0 Å². The van der Waals surface area contributed by atoms with Crippen LogP contribution in [0.3, 0.4) is 0 Å². The van der Waals surface area contributed by atoms with Crippen molar-refractivity contribution < 1.29 is 9.13 Å². The maximum absolute atomic E-state index is 13.6. The van der Waals surface area contributed by atoms with Crippen LogP contribution in [0.1, 0.15) is 5.56 Å². The lowest BCUT2D eigenvalue weighted by molar-refractivity contribution is 0.386. The van der Waals surface area contributed by atoms with Crippen LogP contribution >= 0.6 is 0 Å². The summed E-state index contributed by atoms with van der Waals surface area (Å²) in [6.07, 6.45) is 1.17. The van der Waals surface area contributed by atoms with Crippen molar-refractivity contribution in [2.75, 3.05) is 7.11 Å². The average Bonchev–Trinajstić information content (AvgIpc) is 2.38. The van der Waals surface area contributed by atoms with Crippen molar-refractivity contribution in [1.82, 2.24) is 9.97 Å². The van der Waals surface area contributed by atoms with E-state index in [9.17, 15) is 9.18 Å². The third-order valence-corrected chi connectivity index (χ3v) is 2.39. The van der Waals surface area contributed by atoms with E-state index in [-0.39, 0.29) is 17.0 Å². The predicted molar refractivity (Wildman–Crippen MR) is 61.5 cm³/mol. The minimum atomic E-state index is -0.582. The van der Waals surface area contributed by atoms with E-state index >= 15 is 0 Å². The number of methoxy groups -OCH3 is 1. The Labute approximate surface area is 101 Å². The first kappa shape index (κ1) is 11.8. The van der Waals surface area contributed by atoms with Crippen molar-refractivity contribution in [2.24, 2.45) is 0 Å². The van der Waals surface area contributed by atoms with Crippen LogP contribution in [0.15, 0.2) is 29.3 Å². The number of hydrogen-bond acceptors (Lipinski definition) is 4. The molecule has 0 aliphatic heterocycles. The molecule has 90 valence electrons. The quantitative estimate of drug-likeness (QED) is 0.868. The number of halogens is 1. The van der Waals surface area contributed by atoms with Gasteiger partial charge in [0.15, 0.2) is 11.6 Å². The second kappa shape index (κ2) is 4.67. The highest BCUT2D eigenvalue weighted by Gasteiger charge is 2.12. The van der Waals surface area contributed by atoms with Crippen LogP contribution in [0.25, 0.3) is 11.3 Å². The van der Waals surface area contributed by atoms with E-state index in [4.69, 9.17) is 10.00 Å². The lowest BCUT2D eigenvalue weighted by Crippen LogP contribution is -2.12. The van der Waals surface area contributed by atoms with Gasteiger partial charge in [-0.05, 0) is 18.2 Å². The topological polar surface area (TPSA) is 78.8 Å². The van der Waals surface area contributed by atoms with Crippen LogP contribution in [-0.4, -0.2) is 17.1 Å². The lowest BCUT2D eigenvalue weighted by atomic mass is 10.1. The minimum Gasteiger partial charge on any atom is -0.494 e. The van der Waals surface area contributed by atoms with Gasteiger partial charge < -0.3 is 9.72 Å². The Hall–Kier alpha value is -2.68. The summed E-state index contributed by atoms with van der Waals surface area (Å²) in [7, 11) is 1.35. The van der Waals surface area contributed by atoms with Gasteiger partial charge in [-0.3, -0.25) is 4.79 Å². The molecule has 18 heavy (non-hydrogen) atoms. The summed E-state index contributed by atoms with van der Waals surface area (Å²) in [5.41, 5.74) is -0.223. The highest BCUT2D eigenvalue weighted by Crippen LogP contribution is 2.24. The average molecular weight is 245 g/mol. The van der Waals surface area contributed by atoms with E-state index in [0.717, 1.165) is 0 Å². The SMILES string of the molecule is COc1ccc(-c2nc[nH]c(=O)c2C#N)cc1F. The molecule has 1 aromatic heterocycles. The zero-order chi connectivity index (χ0) is 13.1. The third-order valence-electron chi connectivity index (χ3n) is 2.39. The molecule has 2 aromatic rings. The summed E-state index contributed by atoms with van der Waals surface area (Å²) in [5.74, 6) is -0.497. The van der Waals surface area contributed by atoms with E-state index in [1.807, 2.05) is 0 Å². The van der Waals surface area contributed by atoms with Gasteiger partial charge in [0.2, 0.25) is 0 Å². The Morgan fingerprint density at radius 2 is 2.28 bits per heavy atom. The van der Waals surface area contributed by atoms with Gasteiger partial charge in [0.05, 0.1) is 19.1 Å². The van der Waals surface area contributed by atoms with Gasteiger partial charge in [0, 0.05) is 5.56 Å². The number of nitriles is 1. The van der Waals surface area contributed by atoms with E-state index in [1.54, 1.807) is 6.07 Å².